The summed E-state index contributed by atoms with van der Waals surface area (Å²) < 4.78 is 23.4. The zero-order valence-corrected chi connectivity index (χ0v) is 12.1. The van der Waals surface area contributed by atoms with Gasteiger partial charge in [-0.15, -0.1) is 0 Å². The molecule has 1 aliphatic rings. The Morgan fingerprint density at radius 3 is 2.37 bits per heavy atom. The molecular formula is C12H18NO5P. The second kappa shape index (κ2) is 6.28. The van der Waals surface area contributed by atoms with Gasteiger partial charge in [0.15, 0.2) is 0 Å². The predicted molar refractivity (Wildman–Crippen MR) is 72.6 cm³/mol. The van der Waals surface area contributed by atoms with Crippen molar-refractivity contribution in [3.8, 4) is 0 Å². The van der Waals surface area contributed by atoms with Crippen LogP contribution in [0.15, 0.2) is 36.1 Å². The maximum atomic E-state index is 12.8. The van der Waals surface area contributed by atoms with Crippen molar-refractivity contribution in [3.05, 3.63) is 46.2 Å². The number of nitrogens with zero attached hydrogens (tertiary/aromatic N) is 1. The Balaban J connectivity index is 3.14. The van der Waals surface area contributed by atoms with E-state index in [-0.39, 0.29) is 18.9 Å². The average Bonchev–Trinajstić information content (AvgIpc) is 2.53. The highest BCUT2D eigenvalue weighted by molar-refractivity contribution is 7.56. The minimum atomic E-state index is -3.42. The van der Waals surface area contributed by atoms with E-state index in [9.17, 15) is 14.7 Å². The van der Waals surface area contributed by atoms with Crippen molar-refractivity contribution in [3.63, 3.8) is 0 Å². The lowest BCUT2D eigenvalue weighted by Crippen LogP contribution is -2.22. The molecule has 1 rings (SSSR count). The van der Waals surface area contributed by atoms with E-state index >= 15 is 0 Å². The van der Waals surface area contributed by atoms with Crippen LogP contribution in [0.25, 0.3) is 0 Å². The normalized spacial score (nSPS) is 23.0. The van der Waals surface area contributed by atoms with Crippen LogP contribution in [0.2, 0.25) is 0 Å². The maximum absolute atomic E-state index is 12.8. The highest BCUT2D eigenvalue weighted by atomic mass is 31.2. The molecule has 0 aromatic heterocycles. The van der Waals surface area contributed by atoms with Crippen LogP contribution in [-0.2, 0) is 13.6 Å². The fraction of sp³-hybridized carbons (Fsp3) is 0.500. The summed E-state index contributed by atoms with van der Waals surface area (Å²) in [6.45, 7) is 5.59. The van der Waals surface area contributed by atoms with Crippen LogP contribution in [0.4, 0.5) is 0 Å². The van der Waals surface area contributed by atoms with Crippen LogP contribution in [0.5, 0.6) is 0 Å². The van der Waals surface area contributed by atoms with E-state index in [1.807, 2.05) is 0 Å². The number of hydrogen-bond donors (Lipinski definition) is 0. The largest absolute Gasteiger partial charge is 0.343 e. The molecule has 0 bridgehead atoms. The molecule has 0 spiro atoms. The summed E-state index contributed by atoms with van der Waals surface area (Å²) >= 11 is 0. The molecule has 0 aromatic rings. The van der Waals surface area contributed by atoms with Crippen LogP contribution < -0.4 is 0 Å². The molecule has 1 unspecified atom stereocenters. The van der Waals surface area contributed by atoms with Crippen LogP contribution in [0.1, 0.15) is 20.8 Å². The molecule has 7 heteroatoms. The van der Waals surface area contributed by atoms with Gasteiger partial charge < -0.3 is 9.05 Å². The van der Waals surface area contributed by atoms with E-state index in [1.54, 1.807) is 26.8 Å². The first kappa shape index (κ1) is 15.8. The summed E-state index contributed by atoms with van der Waals surface area (Å²) in [4.78, 5) is 10.2. The second-order valence-electron chi connectivity index (χ2n) is 4.10. The molecule has 0 fully saturated rings. The Morgan fingerprint density at radius 2 is 1.89 bits per heavy atom. The van der Waals surface area contributed by atoms with Crippen LogP contribution in [-0.4, -0.2) is 23.3 Å². The summed E-state index contributed by atoms with van der Waals surface area (Å²) in [7, 11) is -3.42. The van der Waals surface area contributed by atoms with Crippen molar-refractivity contribution in [1.29, 1.82) is 0 Å². The molecule has 6 nitrogen and oxygen atoms in total. The summed E-state index contributed by atoms with van der Waals surface area (Å²) in [5, 5.41) is 9.72. The standard InChI is InChI=1S/C12H18NO5P/c1-4-17-19(16,18-5-2)12(3)9-6-7-11(8-10-12)13(14)15/h6-10H,4-5H2,1-3H3. The number of nitro groups is 1. The van der Waals surface area contributed by atoms with Crippen molar-refractivity contribution in [2.45, 2.75) is 25.9 Å². The summed E-state index contributed by atoms with van der Waals surface area (Å²) in [6, 6.07) is 0. The van der Waals surface area contributed by atoms with Gasteiger partial charge in [-0.2, -0.15) is 0 Å². The second-order valence-corrected chi connectivity index (χ2v) is 6.57. The molecule has 0 aliphatic heterocycles. The van der Waals surface area contributed by atoms with E-state index in [1.165, 1.54) is 24.3 Å². The van der Waals surface area contributed by atoms with Crippen molar-refractivity contribution in [1.82, 2.24) is 0 Å². The molecular weight excluding hydrogens is 269 g/mol. The first-order valence-corrected chi connectivity index (χ1v) is 7.55. The van der Waals surface area contributed by atoms with Gasteiger partial charge >= 0.3 is 7.60 Å². The Bertz CT molecular complexity index is 473. The highest BCUT2D eigenvalue weighted by Crippen LogP contribution is 2.61. The molecule has 1 aliphatic carbocycles. The molecule has 0 radical (unpaired) electrons. The zero-order valence-electron chi connectivity index (χ0n) is 11.2. The Morgan fingerprint density at radius 1 is 1.32 bits per heavy atom. The van der Waals surface area contributed by atoms with Crippen LogP contribution in [0, 0.1) is 10.1 Å². The molecule has 0 heterocycles. The minimum absolute atomic E-state index is 0.0699. The smallest absolute Gasteiger partial charge is 0.308 e. The average molecular weight is 287 g/mol. The monoisotopic (exact) mass is 287 g/mol. The summed E-state index contributed by atoms with van der Waals surface area (Å²) in [5.41, 5.74) is -0.0699. The Hall–Kier alpha value is -1.23. The van der Waals surface area contributed by atoms with E-state index in [0.717, 1.165) is 0 Å². The molecule has 0 saturated carbocycles. The van der Waals surface area contributed by atoms with Gasteiger partial charge in [-0.25, -0.2) is 0 Å². The lowest BCUT2D eigenvalue weighted by atomic mass is 10.1. The van der Waals surface area contributed by atoms with Gasteiger partial charge in [-0.1, -0.05) is 18.2 Å². The van der Waals surface area contributed by atoms with E-state index in [2.05, 4.69) is 0 Å². The van der Waals surface area contributed by atoms with Gasteiger partial charge in [0.1, 0.15) is 5.16 Å². The molecule has 19 heavy (non-hydrogen) atoms. The van der Waals surface area contributed by atoms with E-state index in [4.69, 9.17) is 9.05 Å². The molecule has 0 N–H and O–H groups in total. The third-order valence-electron chi connectivity index (χ3n) is 2.69. The van der Waals surface area contributed by atoms with Gasteiger partial charge in [0.05, 0.1) is 18.1 Å². The number of allylic oxidation sites excluding steroid dienone is 5. The third-order valence-corrected chi connectivity index (χ3v) is 5.37. The van der Waals surface area contributed by atoms with Gasteiger partial charge in [0.2, 0.25) is 0 Å². The number of rotatable bonds is 6. The van der Waals surface area contributed by atoms with Crippen molar-refractivity contribution >= 4 is 7.60 Å². The number of hydrogen-bond acceptors (Lipinski definition) is 5. The first-order valence-electron chi connectivity index (χ1n) is 6.01. The SMILES string of the molecule is CCOP(=O)(OCC)C1(C)C=CC=C([N+](=O)[O-])C=C1. The van der Waals surface area contributed by atoms with Gasteiger partial charge in [-0.05, 0) is 20.8 Å². The molecule has 0 amide bonds. The van der Waals surface area contributed by atoms with E-state index < -0.39 is 17.7 Å². The third kappa shape index (κ3) is 3.41. The van der Waals surface area contributed by atoms with Gasteiger partial charge in [0.25, 0.3) is 5.70 Å². The fourth-order valence-electron chi connectivity index (χ4n) is 1.67. The Labute approximate surface area is 112 Å². The van der Waals surface area contributed by atoms with Gasteiger partial charge in [0, 0.05) is 12.2 Å². The van der Waals surface area contributed by atoms with Crippen molar-refractivity contribution < 1.29 is 18.5 Å². The summed E-state index contributed by atoms with van der Waals surface area (Å²) in [6.07, 6.45) is 7.28. The molecule has 1 atom stereocenters. The molecule has 0 aromatic carbocycles. The summed E-state index contributed by atoms with van der Waals surface area (Å²) in [5.74, 6) is 0. The Kier molecular flexibility index (Phi) is 5.23. The maximum Gasteiger partial charge on any atom is 0.343 e. The molecule has 0 saturated heterocycles. The van der Waals surface area contributed by atoms with Crippen molar-refractivity contribution in [2.75, 3.05) is 13.2 Å². The first-order chi connectivity index (χ1) is 8.88. The quantitative estimate of drug-likeness (QED) is 0.425. The minimum Gasteiger partial charge on any atom is -0.308 e. The highest BCUT2D eigenvalue weighted by Gasteiger charge is 2.44. The molecule has 106 valence electrons. The lowest BCUT2D eigenvalue weighted by molar-refractivity contribution is -0.419. The topological polar surface area (TPSA) is 78.7 Å². The van der Waals surface area contributed by atoms with Crippen LogP contribution >= 0.6 is 7.60 Å². The lowest BCUT2D eigenvalue weighted by Gasteiger charge is -2.30. The van der Waals surface area contributed by atoms with E-state index in [0.29, 0.717) is 0 Å². The zero-order chi connectivity index (χ0) is 14.5. The van der Waals surface area contributed by atoms with Crippen molar-refractivity contribution in [2.24, 2.45) is 0 Å². The van der Waals surface area contributed by atoms with Gasteiger partial charge in [-0.3, -0.25) is 14.7 Å². The van der Waals surface area contributed by atoms with Crippen LogP contribution in [0.3, 0.4) is 0 Å². The predicted octanol–water partition coefficient (Wildman–Crippen LogP) is 3.30. The fourth-order valence-corrected chi connectivity index (χ4v) is 3.50.